The summed E-state index contributed by atoms with van der Waals surface area (Å²) in [5.41, 5.74) is 0. The molecular formula is Pd3Zr. The predicted octanol–water partition coefficient (Wildman–Crippen LogP) is -0.0100. The van der Waals surface area contributed by atoms with Crippen molar-refractivity contribution in [3.8, 4) is 0 Å². The fourth-order valence-corrected chi connectivity index (χ4v) is 0. The molecule has 4 heavy (non-hydrogen) atoms. The van der Waals surface area contributed by atoms with Crippen molar-refractivity contribution in [2.45, 2.75) is 0 Å². The first-order chi connectivity index (χ1) is 0. The van der Waals surface area contributed by atoms with E-state index in [0.29, 0.717) is 0 Å². The van der Waals surface area contributed by atoms with Crippen LogP contribution in [0.25, 0.3) is 0 Å². The van der Waals surface area contributed by atoms with Crippen molar-refractivity contribution in [2.24, 2.45) is 0 Å². The van der Waals surface area contributed by atoms with Gasteiger partial charge in [0.2, 0.25) is 0 Å². The Morgan fingerprint density at radius 3 is 0.500 bits per heavy atom. The fraction of sp³-hybridized carbons (Fsp3) is 0. The molecule has 0 aliphatic heterocycles. The molecule has 0 saturated carbocycles. The average molecular weight is 410 g/mol. The monoisotopic (exact) mass is 408 g/mol. The average Bonchev–Trinajstić information content (AvgIpc) is 0. The van der Waals surface area contributed by atoms with Crippen molar-refractivity contribution in [1.29, 1.82) is 0 Å². The summed E-state index contributed by atoms with van der Waals surface area (Å²) in [6.07, 6.45) is 0. The molecule has 0 aromatic carbocycles. The molecule has 0 saturated heterocycles. The van der Waals surface area contributed by atoms with E-state index in [-0.39, 0.29) is 87.5 Å². The summed E-state index contributed by atoms with van der Waals surface area (Å²) in [4.78, 5) is 0. The molecule has 34 valence electrons. The normalized spacial score (nSPS) is 0. The van der Waals surface area contributed by atoms with Gasteiger partial charge in [0.1, 0.15) is 0 Å². The molecule has 0 bridgehead atoms. The van der Waals surface area contributed by atoms with E-state index in [1.54, 1.807) is 0 Å². The SMILES string of the molecule is [Pd].[Pd].[Pd].[Zr]. The summed E-state index contributed by atoms with van der Waals surface area (Å²) < 4.78 is 0. The number of hydrogen-bond acceptors (Lipinski definition) is 0. The molecule has 0 unspecified atom stereocenters. The van der Waals surface area contributed by atoms with E-state index in [9.17, 15) is 0 Å². The molecule has 0 atom stereocenters. The van der Waals surface area contributed by atoms with Crippen LogP contribution >= 0.6 is 0 Å². The van der Waals surface area contributed by atoms with Crippen molar-refractivity contribution >= 4 is 0 Å². The third kappa shape index (κ3) is 8.85. The van der Waals surface area contributed by atoms with E-state index in [1.807, 2.05) is 0 Å². The van der Waals surface area contributed by atoms with Gasteiger partial charge in [-0.05, 0) is 0 Å². The molecule has 0 amide bonds. The molecule has 0 N–H and O–H groups in total. The first kappa shape index (κ1) is 28.7. The maximum atomic E-state index is 0. The molecule has 0 aliphatic rings. The summed E-state index contributed by atoms with van der Waals surface area (Å²) in [5.74, 6) is 0. The Hall–Kier alpha value is 2.87. The van der Waals surface area contributed by atoms with Crippen LogP contribution in [0.2, 0.25) is 0 Å². The molecule has 0 nitrogen and oxygen atoms in total. The van der Waals surface area contributed by atoms with Crippen LogP contribution in [0.1, 0.15) is 0 Å². The van der Waals surface area contributed by atoms with Gasteiger partial charge in [-0.1, -0.05) is 0 Å². The Balaban J connectivity index is 0. The second-order valence-corrected chi connectivity index (χ2v) is 0. The summed E-state index contributed by atoms with van der Waals surface area (Å²) in [5, 5.41) is 0. The quantitative estimate of drug-likeness (QED) is 0.493. The minimum atomic E-state index is 0. The molecule has 0 fully saturated rings. The number of hydrogen-bond donors (Lipinski definition) is 0. The van der Waals surface area contributed by atoms with Crippen LogP contribution in [-0.2, 0) is 87.5 Å². The Labute approximate surface area is 86.0 Å². The maximum Gasteiger partial charge on any atom is 0 e. The molecule has 4 heteroatoms. The van der Waals surface area contributed by atoms with Crippen LogP contribution in [-0.4, -0.2) is 0 Å². The molecule has 0 aromatic rings. The van der Waals surface area contributed by atoms with Crippen LogP contribution in [0, 0.1) is 0 Å². The Morgan fingerprint density at radius 2 is 0.500 bits per heavy atom. The van der Waals surface area contributed by atoms with Gasteiger partial charge >= 0.3 is 0 Å². The van der Waals surface area contributed by atoms with Crippen LogP contribution < -0.4 is 0 Å². The van der Waals surface area contributed by atoms with Gasteiger partial charge in [-0.3, -0.25) is 0 Å². The van der Waals surface area contributed by atoms with Crippen molar-refractivity contribution in [1.82, 2.24) is 0 Å². The topological polar surface area (TPSA) is 0 Å². The second-order valence-electron chi connectivity index (χ2n) is 0. The zero-order chi connectivity index (χ0) is 0. The standard InChI is InChI=1S/3Pd.Zr. The summed E-state index contributed by atoms with van der Waals surface area (Å²) in [6, 6.07) is 0. The van der Waals surface area contributed by atoms with Crippen LogP contribution in [0.15, 0.2) is 0 Å². The summed E-state index contributed by atoms with van der Waals surface area (Å²) in [7, 11) is 0. The van der Waals surface area contributed by atoms with Gasteiger partial charge < -0.3 is 0 Å². The molecule has 0 heterocycles. The van der Waals surface area contributed by atoms with Gasteiger partial charge in [-0.15, -0.1) is 0 Å². The third-order valence-electron chi connectivity index (χ3n) is 0. The molecular weight excluding hydrogens is 410 g/mol. The van der Waals surface area contributed by atoms with Crippen molar-refractivity contribution in [2.75, 3.05) is 0 Å². The van der Waals surface area contributed by atoms with E-state index in [1.165, 1.54) is 0 Å². The molecule has 0 aliphatic carbocycles. The van der Waals surface area contributed by atoms with E-state index >= 15 is 0 Å². The molecule has 0 aromatic heterocycles. The fourth-order valence-electron chi connectivity index (χ4n) is 0. The molecule has 0 radical (unpaired) electrons. The van der Waals surface area contributed by atoms with Crippen LogP contribution in [0.3, 0.4) is 0 Å². The van der Waals surface area contributed by atoms with E-state index in [4.69, 9.17) is 0 Å². The van der Waals surface area contributed by atoms with Crippen molar-refractivity contribution in [3.63, 3.8) is 0 Å². The smallest absolute Gasteiger partial charge is 0 e. The predicted molar refractivity (Wildman–Crippen MR) is 0 cm³/mol. The second kappa shape index (κ2) is 16.9. The van der Waals surface area contributed by atoms with E-state index in [0.717, 1.165) is 0 Å². The van der Waals surface area contributed by atoms with Crippen molar-refractivity contribution < 1.29 is 87.5 Å². The first-order valence-corrected chi connectivity index (χ1v) is 0. The number of rotatable bonds is 0. The minimum Gasteiger partial charge on any atom is 0 e. The van der Waals surface area contributed by atoms with Crippen LogP contribution in [0.5, 0.6) is 0 Å². The van der Waals surface area contributed by atoms with E-state index in [2.05, 4.69) is 0 Å². The Kier molecular flexibility index (Phi) is 121. The third-order valence-corrected chi connectivity index (χ3v) is 0. The van der Waals surface area contributed by atoms with Gasteiger partial charge in [0, 0.05) is 87.5 Å². The summed E-state index contributed by atoms with van der Waals surface area (Å²) >= 11 is 0. The minimum absolute atomic E-state index is 0. The summed E-state index contributed by atoms with van der Waals surface area (Å²) in [6.45, 7) is 0. The largest absolute Gasteiger partial charge is 0 e. The van der Waals surface area contributed by atoms with E-state index < -0.39 is 0 Å². The first-order valence-electron chi connectivity index (χ1n) is 0. The maximum absolute atomic E-state index is 0. The zero-order valence-electron chi connectivity index (χ0n) is 1.45. The van der Waals surface area contributed by atoms with Crippen molar-refractivity contribution in [3.05, 3.63) is 0 Å². The molecule has 0 spiro atoms. The Bertz CT molecular complexity index is 3.25. The van der Waals surface area contributed by atoms with Gasteiger partial charge in [0.15, 0.2) is 0 Å². The van der Waals surface area contributed by atoms with Gasteiger partial charge in [-0.2, -0.15) is 0 Å². The Morgan fingerprint density at radius 1 is 0.500 bits per heavy atom. The molecule has 0 rings (SSSR count). The van der Waals surface area contributed by atoms with Gasteiger partial charge in [0.25, 0.3) is 0 Å². The van der Waals surface area contributed by atoms with Gasteiger partial charge in [0.05, 0.1) is 0 Å². The van der Waals surface area contributed by atoms with Gasteiger partial charge in [-0.25, -0.2) is 0 Å². The van der Waals surface area contributed by atoms with Crippen LogP contribution in [0.4, 0.5) is 0 Å². The zero-order valence-corrected chi connectivity index (χ0v) is 8.57.